The summed E-state index contributed by atoms with van der Waals surface area (Å²) in [5, 5.41) is 16.8. The molecule has 14 heavy (non-hydrogen) atoms. The van der Waals surface area contributed by atoms with Gasteiger partial charge in [-0.25, -0.2) is 0 Å². The third-order valence-corrected chi connectivity index (χ3v) is 1.60. The Labute approximate surface area is 82.3 Å². The van der Waals surface area contributed by atoms with Gasteiger partial charge in [-0.2, -0.15) is 0 Å². The van der Waals surface area contributed by atoms with Crippen molar-refractivity contribution in [2.45, 2.75) is 12.8 Å². The minimum Gasteiger partial charge on any atom is -0.481 e. The zero-order chi connectivity index (χ0) is 11.0. The normalized spacial score (nSPS) is 9.71. The van der Waals surface area contributed by atoms with E-state index in [1.54, 1.807) is 4.90 Å². The Morgan fingerprint density at radius 3 is 1.86 bits per heavy atom. The van der Waals surface area contributed by atoms with Crippen molar-refractivity contribution in [3.8, 4) is 12.3 Å². The highest BCUT2D eigenvalue weighted by Gasteiger charge is 2.07. The van der Waals surface area contributed by atoms with Gasteiger partial charge in [-0.05, 0) is 0 Å². The van der Waals surface area contributed by atoms with Gasteiger partial charge < -0.3 is 10.2 Å². The van der Waals surface area contributed by atoms with Gasteiger partial charge in [-0.15, -0.1) is 6.42 Å². The number of carbonyl (C=O) groups is 2. The number of aliphatic carboxylic acids is 2. The average molecular weight is 199 g/mol. The van der Waals surface area contributed by atoms with Crippen LogP contribution in [0.4, 0.5) is 0 Å². The molecule has 0 amide bonds. The fraction of sp³-hybridized carbons (Fsp3) is 0.556. The molecule has 0 aliphatic heterocycles. The van der Waals surface area contributed by atoms with Crippen molar-refractivity contribution in [1.82, 2.24) is 4.90 Å². The molecule has 0 radical (unpaired) electrons. The van der Waals surface area contributed by atoms with Crippen LogP contribution in [0.2, 0.25) is 0 Å². The predicted octanol–water partition coefficient (Wildman–Crippen LogP) is -0.129. The Morgan fingerprint density at radius 1 is 1.14 bits per heavy atom. The molecule has 0 atom stereocenters. The monoisotopic (exact) mass is 199 g/mol. The maximum atomic E-state index is 10.3. The molecule has 0 aromatic heterocycles. The molecular weight excluding hydrogens is 186 g/mol. The van der Waals surface area contributed by atoms with Gasteiger partial charge in [0.05, 0.1) is 19.4 Å². The molecule has 5 heteroatoms. The van der Waals surface area contributed by atoms with Crippen molar-refractivity contribution >= 4 is 11.9 Å². The average Bonchev–Trinajstić information content (AvgIpc) is 2.09. The number of hydrogen-bond acceptors (Lipinski definition) is 3. The van der Waals surface area contributed by atoms with E-state index in [-0.39, 0.29) is 32.5 Å². The van der Waals surface area contributed by atoms with Crippen molar-refractivity contribution in [3.05, 3.63) is 0 Å². The van der Waals surface area contributed by atoms with Gasteiger partial charge in [-0.3, -0.25) is 14.5 Å². The summed E-state index contributed by atoms with van der Waals surface area (Å²) in [6.07, 6.45) is 5.00. The molecule has 2 N–H and O–H groups in total. The van der Waals surface area contributed by atoms with Gasteiger partial charge in [0.1, 0.15) is 0 Å². The molecular formula is C9H13NO4. The Bertz CT molecular complexity index is 226. The highest BCUT2D eigenvalue weighted by atomic mass is 16.4. The topological polar surface area (TPSA) is 77.8 Å². The van der Waals surface area contributed by atoms with Crippen molar-refractivity contribution < 1.29 is 19.8 Å². The summed E-state index contributed by atoms with van der Waals surface area (Å²) in [6.45, 7) is 0.847. The number of terminal acetylenes is 1. The van der Waals surface area contributed by atoms with Crippen LogP contribution in [0.15, 0.2) is 0 Å². The second-order valence-corrected chi connectivity index (χ2v) is 2.77. The molecule has 0 fully saturated rings. The lowest BCUT2D eigenvalue weighted by Gasteiger charge is -2.17. The van der Waals surface area contributed by atoms with Crippen LogP contribution in [0.5, 0.6) is 0 Å². The van der Waals surface area contributed by atoms with E-state index in [1.807, 2.05) is 0 Å². The number of carboxylic acids is 2. The lowest BCUT2D eigenvalue weighted by molar-refractivity contribution is -0.137. The fourth-order valence-electron chi connectivity index (χ4n) is 0.907. The smallest absolute Gasteiger partial charge is 0.304 e. The van der Waals surface area contributed by atoms with Crippen LogP contribution in [-0.4, -0.2) is 46.7 Å². The minimum absolute atomic E-state index is 0.0265. The second kappa shape index (κ2) is 6.92. The van der Waals surface area contributed by atoms with Crippen LogP contribution in [0.1, 0.15) is 12.8 Å². The lowest BCUT2D eigenvalue weighted by Crippen LogP contribution is -2.29. The van der Waals surface area contributed by atoms with Crippen LogP contribution in [0, 0.1) is 12.3 Å². The van der Waals surface area contributed by atoms with Crippen molar-refractivity contribution in [1.29, 1.82) is 0 Å². The zero-order valence-corrected chi connectivity index (χ0v) is 7.77. The van der Waals surface area contributed by atoms with E-state index in [2.05, 4.69) is 5.92 Å². The molecule has 0 unspecified atom stereocenters. The van der Waals surface area contributed by atoms with Crippen molar-refractivity contribution in [2.24, 2.45) is 0 Å². The second-order valence-electron chi connectivity index (χ2n) is 2.77. The van der Waals surface area contributed by atoms with Gasteiger partial charge in [0.15, 0.2) is 0 Å². The molecule has 0 bridgehead atoms. The fourth-order valence-corrected chi connectivity index (χ4v) is 0.907. The minimum atomic E-state index is -0.914. The summed E-state index contributed by atoms with van der Waals surface area (Å²) in [5.74, 6) is 0.526. The molecule has 0 aliphatic rings. The van der Waals surface area contributed by atoms with Crippen molar-refractivity contribution in [3.63, 3.8) is 0 Å². The van der Waals surface area contributed by atoms with Crippen LogP contribution in [0.3, 0.4) is 0 Å². The zero-order valence-electron chi connectivity index (χ0n) is 7.77. The highest BCUT2D eigenvalue weighted by Crippen LogP contribution is 1.94. The summed E-state index contributed by atoms with van der Waals surface area (Å²) in [6, 6.07) is 0. The van der Waals surface area contributed by atoms with Crippen LogP contribution < -0.4 is 0 Å². The van der Waals surface area contributed by atoms with E-state index in [9.17, 15) is 9.59 Å². The SMILES string of the molecule is C#CCN(CCC(=O)O)CCC(=O)O. The van der Waals surface area contributed by atoms with Crippen molar-refractivity contribution in [2.75, 3.05) is 19.6 Å². The molecule has 0 aromatic rings. The summed E-state index contributed by atoms with van der Waals surface area (Å²) in [4.78, 5) is 22.1. The summed E-state index contributed by atoms with van der Waals surface area (Å²) in [5.41, 5.74) is 0. The highest BCUT2D eigenvalue weighted by molar-refractivity contribution is 5.67. The summed E-state index contributed by atoms with van der Waals surface area (Å²) in [7, 11) is 0. The first-order valence-corrected chi connectivity index (χ1v) is 4.15. The summed E-state index contributed by atoms with van der Waals surface area (Å²) < 4.78 is 0. The van der Waals surface area contributed by atoms with Crippen LogP contribution in [-0.2, 0) is 9.59 Å². The third kappa shape index (κ3) is 7.13. The number of nitrogens with zero attached hydrogens (tertiary/aromatic N) is 1. The van der Waals surface area contributed by atoms with Crippen LogP contribution in [0.25, 0.3) is 0 Å². The van der Waals surface area contributed by atoms with E-state index in [0.717, 1.165) is 0 Å². The maximum absolute atomic E-state index is 10.3. The van der Waals surface area contributed by atoms with E-state index < -0.39 is 11.9 Å². The van der Waals surface area contributed by atoms with Gasteiger partial charge in [-0.1, -0.05) is 5.92 Å². The summed E-state index contributed by atoms with van der Waals surface area (Å²) >= 11 is 0. The van der Waals surface area contributed by atoms with Gasteiger partial charge >= 0.3 is 11.9 Å². The molecule has 5 nitrogen and oxygen atoms in total. The molecule has 0 heterocycles. The molecule has 0 rings (SSSR count). The molecule has 0 saturated carbocycles. The first-order valence-electron chi connectivity index (χ1n) is 4.15. The maximum Gasteiger partial charge on any atom is 0.304 e. The largest absolute Gasteiger partial charge is 0.481 e. The van der Waals surface area contributed by atoms with E-state index in [4.69, 9.17) is 16.6 Å². The Hall–Kier alpha value is -1.54. The van der Waals surface area contributed by atoms with Gasteiger partial charge in [0, 0.05) is 13.1 Å². The number of rotatable bonds is 7. The molecule has 0 aliphatic carbocycles. The van der Waals surface area contributed by atoms with Gasteiger partial charge in [0.25, 0.3) is 0 Å². The van der Waals surface area contributed by atoms with E-state index in [1.165, 1.54) is 0 Å². The number of carboxylic acid groups (broad SMARTS) is 2. The first kappa shape index (κ1) is 12.5. The van der Waals surface area contributed by atoms with Gasteiger partial charge in [0.2, 0.25) is 0 Å². The molecule has 0 aromatic carbocycles. The molecule has 0 saturated heterocycles. The number of hydrogen-bond donors (Lipinski definition) is 2. The third-order valence-electron chi connectivity index (χ3n) is 1.60. The predicted molar refractivity (Wildman–Crippen MR) is 49.8 cm³/mol. The Kier molecular flexibility index (Phi) is 6.16. The Morgan fingerprint density at radius 2 is 1.57 bits per heavy atom. The lowest BCUT2D eigenvalue weighted by atomic mass is 10.3. The van der Waals surface area contributed by atoms with Crippen LogP contribution >= 0.6 is 0 Å². The molecule has 0 spiro atoms. The first-order chi connectivity index (χ1) is 6.56. The van der Waals surface area contributed by atoms with E-state index in [0.29, 0.717) is 0 Å². The standard InChI is InChI=1S/C9H13NO4/c1-2-5-10(6-3-8(11)12)7-4-9(13)14/h1H,3-7H2,(H,11,12)(H,13,14). The quantitative estimate of drug-likeness (QED) is 0.558. The van der Waals surface area contributed by atoms with E-state index >= 15 is 0 Å². The molecule has 78 valence electrons. The Balaban J connectivity index is 3.83.